The number of hydrogen-bond acceptors (Lipinski definition) is 4. The Kier molecular flexibility index (Phi) is 6.18. The van der Waals surface area contributed by atoms with Crippen LogP contribution in [0.25, 0.3) is 5.57 Å². The van der Waals surface area contributed by atoms with Crippen LogP contribution < -0.4 is 0 Å². The monoisotopic (exact) mass is 342 g/mol. The number of hydrogen-bond donors (Lipinski definition) is 1. The molecule has 0 radical (unpaired) electrons. The maximum absolute atomic E-state index is 12.6. The number of ether oxygens (including phenoxy) is 1. The summed E-state index contributed by atoms with van der Waals surface area (Å²) in [4.78, 5) is 24.6. The number of ketones is 1. The molecule has 1 N–H and O–H groups in total. The summed E-state index contributed by atoms with van der Waals surface area (Å²) < 4.78 is 5.16. The van der Waals surface area contributed by atoms with Crippen LogP contribution in [-0.4, -0.2) is 23.0 Å². The number of allylic oxidation sites excluding steroid dienone is 2. The largest absolute Gasteiger partial charge is 0.507 e. The Labute approximate surface area is 149 Å². The molecule has 0 saturated heterocycles. The first-order valence-electron chi connectivity index (χ1n) is 8.71. The van der Waals surface area contributed by atoms with Crippen molar-refractivity contribution in [2.45, 2.75) is 46.6 Å². The molecular weight excluding hydrogens is 316 g/mol. The van der Waals surface area contributed by atoms with Crippen LogP contribution in [0.5, 0.6) is 0 Å². The molecule has 0 saturated carbocycles. The second-order valence-electron chi connectivity index (χ2n) is 7.04. The molecule has 4 heteroatoms. The molecule has 0 spiro atoms. The average molecular weight is 342 g/mol. The Hall–Kier alpha value is -2.36. The minimum Gasteiger partial charge on any atom is -0.507 e. The van der Waals surface area contributed by atoms with Gasteiger partial charge in [0.25, 0.3) is 0 Å². The van der Waals surface area contributed by atoms with E-state index in [1.807, 2.05) is 57.2 Å². The SMILES string of the molecule is C/C(=C/CC(C)C(=O)C1=C(O)C(CC(C)C)OC1=O)c1ccccc1. The zero-order valence-corrected chi connectivity index (χ0v) is 15.3. The fourth-order valence-corrected chi connectivity index (χ4v) is 2.85. The van der Waals surface area contributed by atoms with Crippen molar-refractivity contribution < 1.29 is 19.4 Å². The van der Waals surface area contributed by atoms with Crippen molar-refractivity contribution in [2.24, 2.45) is 11.8 Å². The summed E-state index contributed by atoms with van der Waals surface area (Å²) in [6, 6.07) is 9.91. The molecule has 4 nitrogen and oxygen atoms in total. The van der Waals surface area contributed by atoms with Gasteiger partial charge in [-0.3, -0.25) is 4.79 Å². The summed E-state index contributed by atoms with van der Waals surface area (Å²) in [7, 11) is 0. The molecule has 0 fully saturated rings. The van der Waals surface area contributed by atoms with Gasteiger partial charge in [0.05, 0.1) is 0 Å². The van der Waals surface area contributed by atoms with Crippen LogP contribution in [0.4, 0.5) is 0 Å². The lowest BCUT2D eigenvalue weighted by atomic mass is 9.93. The van der Waals surface area contributed by atoms with Crippen molar-refractivity contribution in [3.8, 4) is 0 Å². The topological polar surface area (TPSA) is 63.6 Å². The second kappa shape index (κ2) is 8.15. The standard InChI is InChI=1S/C21H26O4/c1-13(2)12-17-20(23)18(21(24)25-17)19(22)15(4)11-10-14(3)16-8-6-5-7-9-16/h5-10,13,15,17,23H,11-12H2,1-4H3/b14-10-. The molecule has 2 unspecified atom stereocenters. The van der Waals surface area contributed by atoms with E-state index in [-0.39, 0.29) is 23.0 Å². The summed E-state index contributed by atoms with van der Waals surface area (Å²) in [5, 5.41) is 10.2. The molecule has 1 aliphatic heterocycles. The first-order valence-corrected chi connectivity index (χ1v) is 8.71. The van der Waals surface area contributed by atoms with Gasteiger partial charge < -0.3 is 9.84 Å². The highest BCUT2D eigenvalue weighted by atomic mass is 16.6. The predicted octanol–water partition coefficient (Wildman–Crippen LogP) is 4.47. The normalized spacial score (nSPS) is 19.3. The number of esters is 1. The number of rotatable bonds is 7. The molecule has 1 aliphatic rings. The lowest BCUT2D eigenvalue weighted by Gasteiger charge is -2.12. The number of cyclic esters (lactones) is 1. The van der Waals surface area contributed by atoms with E-state index in [9.17, 15) is 14.7 Å². The van der Waals surface area contributed by atoms with Gasteiger partial charge in [-0.2, -0.15) is 0 Å². The minimum atomic E-state index is -0.705. The smallest absolute Gasteiger partial charge is 0.346 e. The number of carbonyl (C=O) groups is 2. The maximum atomic E-state index is 12.6. The van der Waals surface area contributed by atoms with Crippen molar-refractivity contribution >= 4 is 17.3 Å². The van der Waals surface area contributed by atoms with Crippen molar-refractivity contribution in [3.05, 3.63) is 53.3 Å². The highest BCUT2D eigenvalue weighted by molar-refractivity contribution is 6.19. The van der Waals surface area contributed by atoms with Crippen LogP contribution in [0.1, 0.15) is 46.1 Å². The maximum Gasteiger partial charge on any atom is 0.346 e. The van der Waals surface area contributed by atoms with E-state index in [1.165, 1.54) is 0 Å². The fraction of sp³-hybridized carbons (Fsp3) is 0.429. The van der Waals surface area contributed by atoms with E-state index >= 15 is 0 Å². The van der Waals surface area contributed by atoms with Gasteiger partial charge in [0.15, 0.2) is 17.6 Å². The molecule has 1 aromatic rings. The number of aliphatic hydroxyl groups is 1. The molecule has 25 heavy (non-hydrogen) atoms. The van der Waals surface area contributed by atoms with Crippen LogP contribution >= 0.6 is 0 Å². The lowest BCUT2D eigenvalue weighted by Crippen LogP contribution is -2.18. The third kappa shape index (κ3) is 4.59. The highest BCUT2D eigenvalue weighted by Crippen LogP contribution is 2.29. The van der Waals surface area contributed by atoms with Crippen LogP contribution in [0.2, 0.25) is 0 Å². The fourth-order valence-electron chi connectivity index (χ4n) is 2.85. The average Bonchev–Trinajstić information content (AvgIpc) is 2.85. The Morgan fingerprint density at radius 1 is 1.24 bits per heavy atom. The first-order chi connectivity index (χ1) is 11.8. The molecule has 0 bridgehead atoms. The molecule has 1 aromatic carbocycles. The molecule has 0 aliphatic carbocycles. The summed E-state index contributed by atoms with van der Waals surface area (Å²) in [5.74, 6) is -1.42. The molecule has 134 valence electrons. The lowest BCUT2D eigenvalue weighted by molar-refractivity contribution is -0.141. The van der Waals surface area contributed by atoms with Crippen LogP contribution in [0, 0.1) is 11.8 Å². The van der Waals surface area contributed by atoms with Crippen molar-refractivity contribution in [2.75, 3.05) is 0 Å². The summed E-state index contributed by atoms with van der Waals surface area (Å²) in [5.41, 5.74) is 2.00. The summed E-state index contributed by atoms with van der Waals surface area (Å²) >= 11 is 0. The quantitative estimate of drug-likeness (QED) is 0.586. The number of Topliss-reactive ketones (excluding diaryl/α,β-unsaturated/α-hetero) is 1. The number of benzene rings is 1. The van der Waals surface area contributed by atoms with Gasteiger partial charge in [-0.05, 0) is 36.8 Å². The van der Waals surface area contributed by atoms with Crippen molar-refractivity contribution in [3.63, 3.8) is 0 Å². The van der Waals surface area contributed by atoms with E-state index in [0.717, 1.165) is 11.1 Å². The first kappa shape index (κ1) is 19.0. The molecule has 2 rings (SSSR count). The van der Waals surface area contributed by atoms with Gasteiger partial charge in [0.1, 0.15) is 5.57 Å². The number of carbonyl (C=O) groups excluding carboxylic acids is 2. The molecule has 1 heterocycles. The zero-order valence-electron chi connectivity index (χ0n) is 15.3. The molecule has 2 atom stereocenters. The van der Waals surface area contributed by atoms with Crippen LogP contribution in [0.15, 0.2) is 47.7 Å². The van der Waals surface area contributed by atoms with E-state index in [2.05, 4.69) is 0 Å². The van der Waals surface area contributed by atoms with Gasteiger partial charge >= 0.3 is 5.97 Å². The zero-order chi connectivity index (χ0) is 18.6. The summed E-state index contributed by atoms with van der Waals surface area (Å²) in [6.07, 6.45) is 2.30. The Bertz CT molecular complexity index is 698. The van der Waals surface area contributed by atoms with E-state index < -0.39 is 18.0 Å². The minimum absolute atomic E-state index is 0.177. The summed E-state index contributed by atoms with van der Waals surface area (Å²) in [6.45, 7) is 7.70. The molecule has 0 aromatic heterocycles. The Balaban J connectivity index is 2.09. The Morgan fingerprint density at radius 2 is 1.88 bits per heavy atom. The van der Waals surface area contributed by atoms with Crippen LogP contribution in [0.3, 0.4) is 0 Å². The van der Waals surface area contributed by atoms with E-state index in [4.69, 9.17) is 4.74 Å². The van der Waals surface area contributed by atoms with Crippen molar-refractivity contribution in [1.29, 1.82) is 0 Å². The third-order valence-corrected chi connectivity index (χ3v) is 4.40. The molecular formula is C21H26O4. The van der Waals surface area contributed by atoms with Gasteiger partial charge in [-0.1, -0.05) is 57.2 Å². The van der Waals surface area contributed by atoms with Crippen molar-refractivity contribution in [1.82, 2.24) is 0 Å². The van der Waals surface area contributed by atoms with E-state index in [1.54, 1.807) is 6.92 Å². The van der Waals surface area contributed by atoms with Gasteiger partial charge in [-0.15, -0.1) is 0 Å². The van der Waals surface area contributed by atoms with Crippen LogP contribution in [-0.2, 0) is 14.3 Å². The number of aliphatic hydroxyl groups excluding tert-OH is 1. The predicted molar refractivity (Wildman–Crippen MR) is 97.9 cm³/mol. The van der Waals surface area contributed by atoms with E-state index in [0.29, 0.717) is 12.8 Å². The van der Waals surface area contributed by atoms with Gasteiger partial charge in [-0.25, -0.2) is 4.79 Å². The third-order valence-electron chi connectivity index (χ3n) is 4.40. The molecule has 0 amide bonds. The van der Waals surface area contributed by atoms with Gasteiger partial charge in [0, 0.05) is 5.92 Å². The Morgan fingerprint density at radius 3 is 2.48 bits per heavy atom. The second-order valence-corrected chi connectivity index (χ2v) is 7.04. The van der Waals surface area contributed by atoms with Gasteiger partial charge in [0.2, 0.25) is 0 Å². The highest BCUT2D eigenvalue weighted by Gasteiger charge is 2.39.